The Labute approximate surface area is 99.1 Å². The fraction of sp³-hybridized carbons (Fsp3) is 1.00. The minimum atomic E-state index is 0.312. The van der Waals surface area contributed by atoms with Crippen LogP contribution in [-0.4, -0.2) is 31.3 Å². The first kappa shape index (κ1) is 12.3. The van der Waals surface area contributed by atoms with Crippen molar-refractivity contribution in [1.29, 1.82) is 0 Å². The van der Waals surface area contributed by atoms with Gasteiger partial charge in [-0.25, -0.2) is 0 Å². The van der Waals surface area contributed by atoms with E-state index in [-0.39, 0.29) is 0 Å². The van der Waals surface area contributed by atoms with Gasteiger partial charge in [-0.05, 0) is 37.5 Å². The van der Waals surface area contributed by atoms with Crippen LogP contribution < -0.4 is 11.1 Å². The van der Waals surface area contributed by atoms with Crippen molar-refractivity contribution in [2.45, 2.75) is 64.2 Å². The lowest BCUT2D eigenvalue weighted by molar-refractivity contribution is 0.0488. The molecule has 0 aromatic carbocycles. The molecule has 0 bridgehead atoms. The molecule has 3 unspecified atom stereocenters. The highest BCUT2D eigenvalue weighted by Gasteiger charge is 2.31. The molecular weight excluding hydrogens is 200 g/mol. The van der Waals surface area contributed by atoms with E-state index in [4.69, 9.17) is 10.5 Å². The molecule has 3 N–H and O–H groups in total. The van der Waals surface area contributed by atoms with Gasteiger partial charge in [0.1, 0.15) is 0 Å². The van der Waals surface area contributed by atoms with Crippen molar-refractivity contribution < 1.29 is 4.74 Å². The molecule has 3 heteroatoms. The first-order valence-electron chi connectivity index (χ1n) is 6.68. The fourth-order valence-electron chi connectivity index (χ4n) is 3.01. The Morgan fingerprint density at radius 2 is 2.00 bits per heavy atom. The molecule has 2 fully saturated rings. The lowest BCUT2D eigenvalue weighted by Crippen LogP contribution is -2.35. The Balaban J connectivity index is 1.65. The number of nitrogens with one attached hydrogen (secondary N) is 1. The van der Waals surface area contributed by atoms with Gasteiger partial charge in [-0.1, -0.05) is 13.8 Å². The summed E-state index contributed by atoms with van der Waals surface area (Å²) in [6.07, 6.45) is 7.00. The minimum absolute atomic E-state index is 0.312. The summed E-state index contributed by atoms with van der Waals surface area (Å²) >= 11 is 0. The number of ether oxygens (including phenoxy) is 1. The van der Waals surface area contributed by atoms with Gasteiger partial charge >= 0.3 is 0 Å². The van der Waals surface area contributed by atoms with Gasteiger partial charge in [0.25, 0.3) is 0 Å². The van der Waals surface area contributed by atoms with Gasteiger partial charge in [0.15, 0.2) is 0 Å². The molecule has 16 heavy (non-hydrogen) atoms. The molecule has 0 aromatic heterocycles. The van der Waals surface area contributed by atoms with Crippen molar-refractivity contribution >= 4 is 0 Å². The van der Waals surface area contributed by atoms with Crippen LogP contribution in [0.25, 0.3) is 0 Å². The van der Waals surface area contributed by atoms with Crippen molar-refractivity contribution in [2.75, 3.05) is 13.1 Å². The topological polar surface area (TPSA) is 47.3 Å². The van der Waals surface area contributed by atoms with Crippen LogP contribution in [0, 0.1) is 5.41 Å². The minimum Gasteiger partial charge on any atom is -0.372 e. The predicted octanol–water partition coefficient (Wildman–Crippen LogP) is 1.66. The molecule has 2 aliphatic rings. The Morgan fingerprint density at radius 1 is 1.25 bits per heavy atom. The maximum atomic E-state index is 5.83. The van der Waals surface area contributed by atoms with Gasteiger partial charge in [0.05, 0.1) is 12.2 Å². The second kappa shape index (κ2) is 5.03. The molecule has 1 saturated heterocycles. The zero-order valence-corrected chi connectivity index (χ0v) is 10.7. The van der Waals surface area contributed by atoms with Crippen LogP contribution in [0.5, 0.6) is 0 Å². The van der Waals surface area contributed by atoms with Gasteiger partial charge < -0.3 is 15.8 Å². The lowest BCUT2D eigenvalue weighted by Gasteiger charge is -2.20. The summed E-state index contributed by atoms with van der Waals surface area (Å²) in [6, 6.07) is 0.704. The maximum Gasteiger partial charge on any atom is 0.0704 e. The summed E-state index contributed by atoms with van der Waals surface area (Å²) < 4.78 is 5.83. The summed E-state index contributed by atoms with van der Waals surface area (Å²) in [6.45, 7) is 6.42. The quantitative estimate of drug-likeness (QED) is 0.766. The van der Waals surface area contributed by atoms with Crippen molar-refractivity contribution in [1.82, 2.24) is 5.32 Å². The fourth-order valence-corrected chi connectivity index (χ4v) is 3.01. The maximum absolute atomic E-state index is 5.83. The zero-order chi connectivity index (χ0) is 11.6. The molecule has 0 spiro atoms. The standard InChI is InChI=1S/C13H26N2O/c1-13(2)6-5-10(7-13)15-9-12-4-3-11(8-14)16-12/h10-12,15H,3-9,14H2,1-2H3. The first-order valence-corrected chi connectivity index (χ1v) is 6.68. The van der Waals surface area contributed by atoms with Crippen molar-refractivity contribution in [3.8, 4) is 0 Å². The molecule has 1 saturated carbocycles. The van der Waals surface area contributed by atoms with Crippen molar-refractivity contribution in [2.24, 2.45) is 11.1 Å². The van der Waals surface area contributed by atoms with Crippen LogP contribution in [-0.2, 0) is 4.74 Å². The summed E-state index contributed by atoms with van der Waals surface area (Å²) in [5.74, 6) is 0. The van der Waals surface area contributed by atoms with Gasteiger partial charge in [-0.3, -0.25) is 0 Å². The molecule has 1 heterocycles. The van der Waals surface area contributed by atoms with Crippen LogP contribution in [0.1, 0.15) is 46.0 Å². The predicted molar refractivity (Wildman–Crippen MR) is 66.4 cm³/mol. The summed E-state index contributed by atoms with van der Waals surface area (Å²) in [5, 5.41) is 3.66. The number of rotatable bonds is 4. The first-order chi connectivity index (χ1) is 7.59. The smallest absolute Gasteiger partial charge is 0.0704 e. The van der Waals surface area contributed by atoms with E-state index in [1.807, 2.05) is 0 Å². The van der Waals surface area contributed by atoms with E-state index in [0.717, 1.165) is 13.0 Å². The molecule has 0 radical (unpaired) electrons. The van der Waals surface area contributed by atoms with Gasteiger partial charge in [0, 0.05) is 19.1 Å². The van der Waals surface area contributed by atoms with Crippen LogP contribution >= 0.6 is 0 Å². The van der Waals surface area contributed by atoms with E-state index in [0.29, 0.717) is 30.2 Å². The highest BCUT2D eigenvalue weighted by atomic mass is 16.5. The molecule has 1 aliphatic heterocycles. The number of hydrogen-bond acceptors (Lipinski definition) is 3. The Hall–Kier alpha value is -0.120. The molecule has 0 aromatic rings. The molecule has 0 amide bonds. The van der Waals surface area contributed by atoms with Crippen molar-refractivity contribution in [3.05, 3.63) is 0 Å². The van der Waals surface area contributed by atoms with E-state index < -0.39 is 0 Å². The van der Waals surface area contributed by atoms with Crippen LogP contribution in [0.3, 0.4) is 0 Å². The van der Waals surface area contributed by atoms with Gasteiger partial charge in [-0.2, -0.15) is 0 Å². The second-order valence-electron chi connectivity index (χ2n) is 6.21. The van der Waals surface area contributed by atoms with Crippen molar-refractivity contribution in [3.63, 3.8) is 0 Å². The Morgan fingerprint density at radius 3 is 2.56 bits per heavy atom. The highest BCUT2D eigenvalue weighted by Crippen LogP contribution is 2.36. The summed E-state index contributed by atoms with van der Waals surface area (Å²) in [7, 11) is 0. The van der Waals surface area contributed by atoms with Gasteiger partial charge in [-0.15, -0.1) is 0 Å². The molecule has 94 valence electrons. The second-order valence-corrected chi connectivity index (χ2v) is 6.21. The van der Waals surface area contributed by atoms with Crippen LogP contribution in [0.15, 0.2) is 0 Å². The number of nitrogens with two attached hydrogens (primary N) is 1. The van der Waals surface area contributed by atoms with Crippen LogP contribution in [0.2, 0.25) is 0 Å². The molecular formula is C13H26N2O. The third-order valence-electron chi connectivity index (χ3n) is 4.06. The monoisotopic (exact) mass is 226 g/mol. The molecule has 3 nitrogen and oxygen atoms in total. The number of hydrogen-bond donors (Lipinski definition) is 2. The van der Waals surface area contributed by atoms with E-state index in [1.165, 1.54) is 25.7 Å². The summed E-state index contributed by atoms with van der Waals surface area (Å²) in [4.78, 5) is 0. The Kier molecular flexibility index (Phi) is 3.88. The highest BCUT2D eigenvalue weighted by molar-refractivity contribution is 4.87. The normalized spacial score (nSPS) is 38.1. The van der Waals surface area contributed by atoms with E-state index in [1.54, 1.807) is 0 Å². The average molecular weight is 226 g/mol. The SMILES string of the molecule is CC1(C)CCC(NCC2CCC(CN)O2)C1. The van der Waals surface area contributed by atoms with E-state index in [9.17, 15) is 0 Å². The van der Waals surface area contributed by atoms with E-state index >= 15 is 0 Å². The van der Waals surface area contributed by atoms with E-state index in [2.05, 4.69) is 19.2 Å². The largest absolute Gasteiger partial charge is 0.372 e. The molecule has 1 aliphatic carbocycles. The van der Waals surface area contributed by atoms with Gasteiger partial charge in [0.2, 0.25) is 0 Å². The summed E-state index contributed by atoms with van der Waals surface area (Å²) in [5.41, 5.74) is 6.14. The van der Waals surface area contributed by atoms with Crippen LogP contribution in [0.4, 0.5) is 0 Å². The lowest BCUT2D eigenvalue weighted by atomic mass is 9.92. The molecule has 2 rings (SSSR count). The third-order valence-corrected chi connectivity index (χ3v) is 4.06. The average Bonchev–Trinajstić information content (AvgIpc) is 2.81. The Bertz CT molecular complexity index is 230. The zero-order valence-electron chi connectivity index (χ0n) is 10.7. The molecule has 3 atom stereocenters. The third kappa shape index (κ3) is 3.19.